The number of benzene rings is 1. The second-order valence-electron chi connectivity index (χ2n) is 7.84. The Bertz CT molecular complexity index is 519. The lowest BCUT2D eigenvalue weighted by molar-refractivity contribution is -0.929. The van der Waals surface area contributed by atoms with E-state index in [1.54, 1.807) is 0 Å². The predicted molar refractivity (Wildman–Crippen MR) is 120 cm³/mol. The van der Waals surface area contributed by atoms with Crippen molar-refractivity contribution in [2.24, 2.45) is 0 Å². The Morgan fingerprint density at radius 3 is 1.24 bits per heavy atom. The minimum Gasteiger partial charge on any atom is -0.478 e. The van der Waals surface area contributed by atoms with Gasteiger partial charge >= 0.3 is 11.9 Å². The first-order chi connectivity index (χ1) is 13.9. The first-order valence-corrected chi connectivity index (χ1v) is 11.3. The van der Waals surface area contributed by atoms with Crippen LogP contribution in [0, 0.1) is 0 Å². The molecule has 0 atom stereocenters. The van der Waals surface area contributed by atoms with Crippen molar-refractivity contribution in [3.05, 3.63) is 35.4 Å². The summed E-state index contributed by atoms with van der Waals surface area (Å²) in [5.41, 5.74) is -0.0372. The van der Waals surface area contributed by atoms with Gasteiger partial charge in [0.05, 0.1) is 37.3 Å². The van der Waals surface area contributed by atoms with E-state index in [0.29, 0.717) is 0 Å². The highest BCUT2D eigenvalue weighted by Crippen LogP contribution is 2.16. The molecule has 0 aliphatic carbocycles. The minimum absolute atomic E-state index is 0.0186. The van der Waals surface area contributed by atoms with E-state index in [2.05, 4.69) is 27.7 Å². The van der Waals surface area contributed by atoms with Crippen LogP contribution in [-0.2, 0) is 0 Å². The van der Waals surface area contributed by atoms with Crippen molar-refractivity contribution in [3.8, 4) is 0 Å². The smallest absolute Gasteiger partial charge is 0.335 e. The molecule has 0 saturated heterocycles. The molecule has 0 unspecified atom stereocenters. The maximum atomic E-state index is 10.4. The number of carboxylic acids is 2. The molecular weight excluding hydrogens is 366 g/mol. The lowest BCUT2D eigenvalue weighted by Crippen LogP contribution is -2.50. The van der Waals surface area contributed by atoms with E-state index >= 15 is 0 Å². The summed E-state index contributed by atoms with van der Waals surface area (Å²) < 4.78 is 1.42. The molecule has 1 rings (SSSR count). The van der Waals surface area contributed by atoms with Crippen molar-refractivity contribution in [1.29, 1.82) is 0 Å². The highest BCUT2D eigenvalue weighted by Gasteiger charge is 2.24. The molecule has 0 aliphatic heterocycles. The third-order valence-corrected chi connectivity index (χ3v) is 5.30. The first kappa shape index (κ1) is 27.1. The monoisotopic (exact) mass is 408 g/mol. The number of rotatable bonds is 14. The summed E-state index contributed by atoms with van der Waals surface area (Å²) in [6.45, 7) is 15.0. The quantitative estimate of drug-likeness (QED) is 0.365. The molecule has 0 radical (unpaired) electrons. The molecule has 0 saturated carbocycles. The van der Waals surface area contributed by atoms with Crippen LogP contribution in [0.2, 0.25) is 0 Å². The van der Waals surface area contributed by atoms with Crippen LogP contribution in [0.25, 0.3) is 0 Å². The van der Waals surface area contributed by atoms with Crippen LogP contribution < -0.4 is 0 Å². The largest absolute Gasteiger partial charge is 0.478 e. The Kier molecular flexibility index (Phi) is 14.9. The number of aromatic carboxylic acids is 2. The van der Waals surface area contributed by atoms with Crippen molar-refractivity contribution in [1.82, 2.24) is 0 Å². The van der Waals surface area contributed by atoms with E-state index in [-0.39, 0.29) is 11.1 Å². The van der Waals surface area contributed by atoms with Gasteiger partial charge in [-0.3, -0.25) is 0 Å². The standard InChI is InChI=1S/C16H36N.C8H6O4/c1-5-9-13-17(14-10-6-2,15-11-7-3)16-12-8-4;9-7(10)5-2-1-3-6(4-5)8(11)12/h5-16H2,1-4H3;1-4H,(H,9,10)(H,11,12)/q+1;. The lowest BCUT2D eigenvalue weighted by atomic mass is 10.1. The summed E-state index contributed by atoms with van der Waals surface area (Å²) in [4.78, 5) is 20.8. The fourth-order valence-electron chi connectivity index (χ4n) is 3.43. The number of carbonyl (C=O) groups is 2. The van der Waals surface area contributed by atoms with E-state index in [9.17, 15) is 9.59 Å². The molecule has 0 aliphatic rings. The van der Waals surface area contributed by atoms with Gasteiger partial charge in [-0.25, -0.2) is 9.59 Å². The summed E-state index contributed by atoms with van der Waals surface area (Å²) in [6.07, 6.45) is 11.1. The molecule has 1 aromatic rings. The molecule has 0 heterocycles. The zero-order valence-electron chi connectivity index (χ0n) is 19.0. The topological polar surface area (TPSA) is 74.6 Å². The van der Waals surface area contributed by atoms with Gasteiger partial charge in [-0.05, 0) is 43.9 Å². The van der Waals surface area contributed by atoms with Crippen LogP contribution in [-0.4, -0.2) is 52.8 Å². The average Bonchev–Trinajstić information content (AvgIpc) is 2.73. The molecule has 0 fully saturated rings. The summed E-state index contributed by atoms with van der Waals surface area (Å²) >= 11 is 0. The number of unbranched alkanes of at least 4 members (excludes halogenated alkanes) is 4. The zero-order valence-corrected chi connectivity index (χ0v) is 19.0. The Morgan fingerprint density at radius 1 is 0.690 bits per heavy atom. The Morgan fingerprint density at radius 2 is 1.00 bits per heavy atom. The third kappa shape index (κ3) is 11.6. The van der Waals surface area contributed by atoms with E-state index < -0.39 is 11.9 Å². The van der Waals surface area contributed by atoms with Crippen molar-refractivity contribution < 1.29 is 24.3 Å². The molecule has 166 valence electrons. The van der Waals surface area contributed by atoms with Gasteiger partial charge in [-0.15, -0.1) is 0 Å². The van der Waals surface area contributed by atoms with Gasteiger partial charge in [0.2, 0.25) is 0 Å². The molecule has 0 bridgehead atoms. The Hall–Kier alpha value is -1.88. The molecule has 5 heteroatoms. The maximum Gasteiger partial charge on any atom is 0.335 e. The minimum atomic E-state index is -1.13. The van der Waals surface area contributed by atoms with Gasteiger partial charge in [0.1, 0.15) is 0 Å². The highest BCUT2D eigenvalue weighted by molar-refractivity contribution is 5.93. The molecule has 5 nitrogen and oxygen atoms in total. The Labute approximate surface area is 177 Å². The third-order valence-electron chi connectivity index (χ3n) is 5.30. The summed E-state index contributed by atoms with van der Waals surface area (Å²) in [7, 11) is 0. The van der Waals surface area contributed by atoms with Gasteiger partial charge in [-0.2, -0.15) is 0 Å². The number of quaternary nitrogens is 1. The molecule has 0 amide bonds. The zero-order chi connectivity index (χ0) is 22.1. The number of nitrogens with zero attached hydrogens (tertiary/aromatic N) is 1. The van der Waals surface area contributed by atoms with E-state index in [1.807, 2.05) is 0 Å². The average molecular weight is 409 g/mol. The maximum absolute atomic E-state index is 10.4. The summed E-state index contributed by atoms with van der Waals surface area (Å²) in [5.74, 6) is -2.25. The van der Waals surface area contributed by atoms with Crippen LogP contribution in [0.5, 0.6) is 0 Å². The Balaban J connectivity index is 0.000000571. The van der Waals surface area contributed by atoms with Gasteiger partial charge in [0.25, 0.3) is 0 Å². The van der Waals surface area contributed by atoms with E-state index in [0.717, 1.165) is 6.07 Å². The predicted octanol–water partition coefficient (Wildman–Crippen LogP) is 6.09. The fourth-order valence-corrected chi connectivity index (χ4v) is 3.43. The second kappa shape index (κ2) is 16.0. The van der Waals surface area contributed by atoms with Crippen LogP contribution in [0.3, 0.4) is 0 Å². The van der Waals surface area contributed by atoms with E-state index in [4.69, 9.17) is 10.2 Å². The van der Waals surface area contributed by atoms with E-state index in [1.165, 1.54) is 100 Å². The van der Waals surface area contributed by atoms with Crippen LogP contribution in [0.1, 0.15) is 99.8 Å². The summed E-state index contributed by atoms with van der Waals surface area (Å²) in [5, 5.41) is 17.0. The van der Waals surface area contributed by atoms with Gasteiger partial charge < -0.3 is 14.7 Å². The molecule has 2 N–H and O–H groups in total. The fraction of sp³-hybridized carbons (Fsp3) is 0.667. The SMILES string of the molecule is CCCC[N+](CCCC)(CCCC)CCCC.O=C(O)c1cccc(C(=O)O)c1. The molecule has 0 aromatic heterocycles. The van der Waals surface area contributed by atoms with Gasteiger partial charge in [-0.1, -0.05) is 59.4 Å². The van der Waals surface area contributed by atoms with Gasteiger partial charge in [0, 0.05) is 0 Å². The number of carboxylic acid groups (broad SMARTS) is 2. The second-order valence-corrected chi connectivity index (χ2v) is 7.84. The normalized spacial score (nSPS) is 10.9. The molecule has 0 spiro atoms. The van der Waals surface area contributed by atoms with Crippen molar-refractivity contribution in [3.63, 3.8) is 0 Å². The highest BCUT2D eigenvalue weighted by atomic mass is 16.4. The molecular formula is C24H42NO4+. The molecule has 29 heavy (non-hydrogen) atoms. The van der Waals surface area contributed by atoms with Crippen LogP contribution >= 0.6 is 0 Å². The number of hydrogen-bond acceptors (Lipinski definition) is 2. The van der Waals surface area contributed by atoms with Gasteiger partial charge in [0.15, 0.2) is 0 Å². The van der Waals surface area contributed by atoms with Crippen LogP contribution in [0.4, 0.5) is 0 Å². The molecule has 1 aromatic carbocycles. The number of hydrogen-bond donors (Lipinski definition) is 2. The van der Waals surface area contributed by atoms with Crippen molar-refractivity contribution in [2.45, 2.75) is 79.1 Å². The first-order valence-electron chi connectivity index (χ1n) is 11.3. The van der Waals surface area contributed by atoms with Crippen molar-refractivity contribution in [2.75, 3.05) is 26.2 Å². The van der Waals surface area contributed by atoms with Crippen molar-refractivity contribution >= 4 is 11.9 Å². The van der Waals surface area contributed by atoms with Crippen LogP contribution in [0.15, 0.2) is 24.3 Å². The lowest BCUT2D eigenvalue weighted by Gasteiger charge is -2.39. The summed E-state index contributed by atoms with van der Waals surface area (Å²) in [6, 6.07) is 5.20.